The summed E-state index contributed by atoms with van der Waals surface area (Å²) in [4.78, 5) is 15.8. The van der Waals surface area contributed by atoms with Gasteiger partial charge in [-0.3, -0.25) is 9.80 Å². The van der Waals surface area contributed by atoms with Crippen LogP contribution in [0.4, 0.5) is 10.5 Å². The van der Waals surface area contributed by atoms with Crippen LogP contribution in [0.5, 0.6) is 0 Å². The Morgan fingerprint density at radius 3 is 2.75 bits per heavy atom. The van der Waals surface area contributed by atoms with Crippen LogP contribution in [0.25, 0.3) is 0 Å². The van der Waals surface area contributed by atoms with Crippen molar-refractivity contribution in [1.82, 2.24) is 4.90 Å². The zero-order chi connectivity index (χ0) is 13.7. The number of piperidine rings is 1. The fourth-order valence-electron chi connectivity index (χ4n) is 3.73. The summed E-state index contributed by atoms with van der Waals surface area (Å²) in [5.41, 5.74) is 2.79. The summed E-state index contributed by atoms with van der Waals surface area (Å²) >= 11 is 2.45. The molecule has 0 spiro atoms. The zero-order valence-corrected chi connectivity index (χ0v) is 13.4. The minimum Gasteiger partial charge on any atom is -0.447 e. The number of likely N-dealkylation sites (tertiary alicyclic amines) is 1. The third kappa shape index (κ3) is 1.86. The number of cyclic esters (lactones) is 1. The highest BCUT2D eigenvalue weighted by atomic mass is 127. The highest BCUT2D eigenvalue weighted by molar-refractivity contribution is 14.1. The minimum absolute atomic E-state index is 0.225. The molecule has 1 amide bonds. The molecule has 106 valence electrons. The minimum atomic E-state index is -0.225. The Kier molecular flexibility index (Phi) is 2.96. The maximum absolute atomic E-state index is 11.6. The van der Waals surface area contributed by atoms with Crippen molar-refractivity contribution >= 4 is 34.4 Å². The molecule has 2 heterocycles. The van der Waals surface area contributed by atoms with Crippen molar-refractivity contribution in [1.29, 1.82) is 0 Å². The summed E-state index contributed by atoms with van der Waals surface area (Å²) in [5.74, 6) is 0.833. The van der Waals surface area contributed by atoms with Gasteiger partial charge in [0.05, 0.1) is 11.1 Å². The summed E-state index contributed by atoms with van der Waals surface area (Å²) in [7, 11) is 0. The van der Waals surface area contributed by atoms with Gasteiger partial charge in [0.25, 0.3) is 0 Å². The molecule has 2 aliphatic heterocycles. The van der Waals surface area contributed by atoms with Gasteiger partial charge >= 0.3 is 6.09 Å². The second-order valence-corrected chi connectivity index (χ2v) is 6.68. The first kappa shape index (κ1) is 12.9. The van der Waals surface area contributed by atoms with E-state index < -0.39 is 0 Å². The van der Waals surface area contributed by atoms with Gasteiger partial charge in [-0.25, -0.2) is 4.79 Å². The van der Waals surface area contributed by atoms with E-state index in [1.165, 1.54) is 25.1 Å². The van der Waals surface area contributed by atoms with E-state index in [-0.39, 0.29) is 6.09 Å². The number of carbonyl (C=O) groups excluding carboxylic acids is 1. The largest absolute Gasteiger partial charge is 0.447 e. The molecule has 1 aromatic carbocycles. The van der Waals surface area contributed by atoms with Gasteiger partial charge in [0.15, 0.2) is 0 Å². The summed E-state index contributed by atoms with van der Waals surface area (Å²) < 4.78 is 6.10. The molecule has 1 aliphatic carbocycles. The second-order valence-electron chi connectivity index (χ2n) is 6.00. The topological polar surface area (TPSA) is 32.8 Å². The number of alkyl halides is 1. The zero-order valence-electron chi connectivity index (χ0n) is 11.2. The van der Waals surface area contributed by atoms with Gasteiger partial charge in [-0.15, -0.1) is 0 Å². The van der Waals surface area contributed by atoms with Crippen LogP contribution in [0, 0.1) is 5.92 Å². The molecule has 2 atom stereocenters. The molecule has 0 N–H and O–H groups in total. The molecule has 1 unspecified atom stereocenters. The van der Waals surface area contributed by atoms with Crippen LogP contribution >= 0.6 is 22.6 Å². The maximum atomic E-state index is 11.6. The second kappa shape index (κ2) is 4.59. The number of carbonyl (C=O) groups is 1. The van der Waals surface area contributed by atoms with Gasteiger partial charge in [-0.1, -0.05) is 34.7 Å². The number of halogens is 1. The fraction of sp³-hybridized carbons (Fsp3) is 0.533. The molecule has 1 saturated carbocycles. The van der Waals surface area contributed by atoms with E-state index in [9.17, 15) is 4.79 Å². The Hall–Kier alpha value is -0.820. The van der Waals surface area contributed by atoms with Crippen molar-refractivity contribution in [3.05, 3.63) is 29.8 Å². The van der Waals surface area contributed by atoms with Crippen molar-refractivity contribution < 1.29 is 9.53 Å². The molecule has 0 radical (unpaired) electrons. The lowest BCUT2D eigenvalue weighted by atomic mass is 9.95. The molecule has 1 aromatic rings. The Morgan fingerprint density at radius 1 is 1.35 bits per heavy atom. The number of nitrogens with zero attached hydrogens (tertiary/aromatic N) is 2. The molecule has 0 bridgehead atoms. The van der Waals surface area contributed by atoms with Crippen molar-refractivity contribution in [3.63, 3.8) is 0 Å². The van der Waals surface area contributed by atoms with Crippen LogP contribution in [0.3, 0.4) is 0 Å². The summed E-state index contributed by atoms with van der Waals surface area (Å²) in [5, 5.41) is 0. The first-order valence-electron chi connectivity index (χ1n) is 7.06. The van der Waals surface area contributed by atoms with Crippen molar-refractivity contribution in [2.75, 3.05) is 35.7 Å². The monoisotopic (exact) mass is 384 g/mol. The summed E-state index contributed by atoms with van der Waals surface area (Å²) in [6, 6.07) is 8.55. The van der Waals surface area contributed by atoms with Crippen LogP contribution in [-0.2, 0) is 10.2 Å². The highest BCUT2D eigenvalue weighted by Gasteiger charge is 2.60. The maximum Gasteiger partial charge on any atom is 0.414 e. The lowest BCUT2D eigenvalue weighted by Gasteiger charge is -2.19. The van der Waals surface area contributed by atoms with E-state index in [4.69, 9.17) is 4.74 Å². The average molecular weight is 384 g/mol. The molecule has 3 aliphatic rings. The van der Waals surface area contributed by atoms with Crippen LogP contribution in [-0.4, -0.2) is 41.8 Å². The molecule has 4 nitrogen and oxygen atoms in total. The van der Waals surface area contributed by atoms with Crippen LogP contribution in [0.2, 0.25) is 0 Å². The quantitative estimate of drug-likeness (QED) is 0.456. The Labute approximate surface area is 132 Å². The normalized spacial score (nSPS) is 32.4. The molecule has 0 aromatic heterocycles. The van der Waals surface area contributed by atoms with Crippen molar-refractivity contribution in [2.24, 2.45) is 5.92 Å². The number of fused-ring (bicyclic) bond motifs is 1. The molecule has 20 heavy (non-hydrogen) atoms. The summed E-state index contributed by atoms with van der Waals surface area (Å²) in [6.45, 7) is 3.58. The van der Waals surface area contributed by atoms with Crippen molar-refractivity contribution in [3.8, 4) is 0 Å². The molecule has 4 rings (SSSR count). The van der Waals surface area contributed by atoms with Crippen molar-refractivity contribution in [2.45, 2.75) is 11.8 Å². The van der Waals surface area contributed by atoms with E-state index in [1.807, 2.05) is 0 Å². The van der Waals surface area contributed by atoms with E-state index in [0.29, 0.717) is 18.6 Å². The van der Waals surface area contributed by atoms with Gasteiger partial charge in [0.1, 0.15) is 6.61 Å². The number of amides is 1. The SMILES string of the molecule is O=C1OCCN1c1ccc([C@]23CC2CN(CI)C3)cc1. The number of anilines is 1. The van der Waals surface area contributed by atoms with Gasteiger partial charge in [0, 0.05) is 24.2 Å². The Bertz CT molecular complexity index is 547. The number of hydrogen-bond donors (Lipinski definition) is 0. The van der Waals surface area contributed by atoms with Gasteiger partial charge in [-0.2, -0.15) is 0 Å². The molecule has 3 fully saturated rings. The van der Waals surface area contributed by atoms with Crippen LogP contribution in [0.1, 0.15) is 12.0 Å². The number of hydrogen-bond acceptors (Lipinski definition) is 3. The third-order valence-corrected chi connectivity index (χ3v) is 5.86. The van der Waals surface area contributed by atoms with E-state index in [0.717, 1.165) is 16.2 Å². The van der Waals surface area contributed by atoms with Gasteiger partial charge in [0.2, 0.25) is 0 Å². The van der Waals surface area contributed by atoms with E-state index in [2.05, 4.69) is 51.8 Å². The smallest absolute Gasteiger partial charge is 0.414 e. The Morgan fingerprint density at radius 2 is 2.15 bits per heavy atom. The first-order chi connectivity index (χ1) is 9.73. The average Bonchev–Trinajstić information content (AvgIpc) is 2.84. The number of ether oxygens (including phenoxy) is 1. The fourth-order valence-corrected chi connectivity index (χ4v) is 4.25. The van der Waals surface area contributed by atoms with E-state index in [1.54, 1.807) is 4.90 Å². The van der Waals surface area contributed by atoms with E-state index >= 15 is 0 Å². The standard InChI is InChI=1S/C15H17IN2O2/c16-10-17-8-12-7-15(12,9-17)11-1-3-13(4-2-11)18-5-6-20-14(18)19/h1-4,12H,5-10H2/t12?,15-/m1/s1. The summed E-state index contributed by atoms with van der Waals surface area (Å²) in [6.07, 6.45) is 1.10. The first-order valence-corrected chi connectivity index (χ1v) is 8.59. The molecule has 2 saturated heterocycles. The van der Waals surface area contributed by atoms with Gasteiger partial charge < -0.3 is 4.74 Å². The predicted octanol–water partition coefficient (Wildman–Crippen LogP) is 2.61. The molecular formula is C15H17IN2O2. The number of benzene rings is 1. The highest BCUT2D eigenvalue weighted by Crippen LogP contribution is 2.59. The predicted molar refractivity (Wildman–Crippen MR) is 85.4 cm³/mol. The Balaban J connectivity index is 1.55. The molecule has 5 heteroatoms. The lowest BCUT2D eigenvalue weighted by molar-refractivity contribution is 0.181. The van der Waals surface area contributed by atoms with Crippen LogP contribution < -0.4 is 4.90 Å². The third-order valence-electron chi connectivity index (χ3n) is 4.90. The number of rotatable bonds is 3. The lowest BCUT2D eigenvalue weighted by Crippen LogP contribution is -2.25. The van der Waals surface area contributed by atoms with Crippen LogP contribution in [0.15, 0.2) is 24.3 Å². The molecular weight excluding hydrogens is 367 g/mol. The van der Waals surface area contributed by atoms with Gasteiger partial charge in [-0.05, 0) is 30.0 Å².